The summed E-state index contributed by atoms with van der Waals surface area (Å²) in [5.74, 6) is -0.643. The molecule has 1 N–H and O–H groups in total. The largest absolute Gasteiger partial charge is 0.323 e. The lowest BCUT2D eigenvalue weighted by atomic mass is 10.2. The average molecular weight is 309 g/mol. The molecule has 0 bridgehead atoms. The molecule has 0 saturated carbocycles. The normalized spacial score (nSPS) is 10.8. The molecule has 0 aliphatic carbocycles. The Balaban J connectivity index is 1.64. The monoisotopic (exact) mass is 309 g/mol. The van der Waals surface area contributed by atoms with E-state index in [9.17, 15) is 9.18 Å². The van der Waals surface area contributed by atoms with Crippen LogP contribution in [0.15, 0.2) is 60.9 Å². The Labute approximate surface area is 131 Å². The zero-order valence-electron chi connectivity index (χ0n) is 11.9. The maximum atomic E-state index is 13.0. The molecule has 3 rings (SSSR count). The number of benzene rings is 2. The van der Waals surface area contributed by atoms with Crippen molar-refractivity contribution in [2.75, 3.05) is 5.32 Å². The van der Waals surface area contributed by atoms with Crippen LogP contribution in [-0.4, -0.2) is 26.1 Å². The Hall–Kier alpha value is -3.35. The molecule has 0 spiro atoms. The first kappa shape index (κ1) is 14.6. The Morgan fingerprint density at radius 2 is 2.00 bits per heavy atom. The summed E-state index contributed by atoms with van der Waals surface area (Å²) in [5.41, 5.74) is 2.04. The standard InChI is InChI=1S/C16H12FN5O/c17-13-3-1-2-12(10-13)4-9-16(23)19-14-5-7-15(8-6-14)22-11-18-20-21-22/h1-11H,(H,19,23)/b9-4+. The topological polar surface area (TPSA) is 72.7 Å². The molecule has 0 saturated heterocycles. The van der Waals surface area contributed by atoms with Crippen LogP contribution < -0.4 is 5.32 Å². The van der Waals surface area contributed by atoms with Gasteiger partial charge in [0.25, 0.3) is 0 Å². The Morgan fingerprint density at radius 1 is 1.17 bits per heavy atom. The van der Waals surface area contributed by atoms with Gasteiger partial charge in [0.2, 0.25) is 5.91 Å². The summed E-state index contributed by atoms with van der Waals surface area (Å²) in [5, 5.41) is 13.6. The highest BCUT2D eigenvalue weighted by Crippen LogP contribution is 2.12. The third-order valence-corrected chi connectivity index (χ3v) is 3.02. The first-order valence-corrected chi connectivity index (χ1v) is 6.79. The van der Waals surface area contributed by atoms with E-state index in [4.69, 9.17) is 0 Å². The molecule has 114 valence electrons. The molecule has 0 radical (unpaired) electrons. The number of hydrogen-bond acceptors (Lipinski definition) is 4. The molecule has 0 fully saturated rings. The number of carbonyl (C=O) groups is 1. The van der Waals surface area contributed by atoms with Gasteiger partial charge in [-0.2, -0.15) is 0 Å². The number of halogens is 1. The van der Waals surface area contributed by atoms with Crippen molar-refractivity contribution in [3.8, 4) is 5.69 Å². The smallest absolute Gasteiger partial charge is 0.248 e. The second kappa shape index (κ2) is 6.61. The third-order valence-electron chi connectivity index (χ3n) is 3.02. The van der Waals surface area contributed by atoms with Gasteiger partial charge in [-0.25, -0.2) is 9.07 Å². The van der Waals surface area contributed by atoms with Gasteiger partial charge in [0.1, 0.15) is 12.1 Å². The summed E-state index contributed by atoms with van der Waals surface area (Å²) in [6, 6.07) is 13.0. The molecular formula is C16H12FN5O. The van der Waals surface area contributed by atoms with Crippen molar-refractivity contribution in [3.63, 3.8) is 0 Å². The van der Waals surface area contributed by atoms with Crippen molar-refractivity contribution in [2.45, 2.75) is 0 Å². The minimum absolute atomic E-state index is 0.301. The van der Waals surface area contributed by atoms with Crippen molar-refractivity contribution in [3.05, 3.63) is 72.3 Å². The minimum Gasteiger partial charge on any atom is -0.323 e. The van der Waals surface area contributed by atoms with Crippen LogP contribution >= 0.6 is 0 Å². The van der Waals surface area contributed by atoms with Gasteiger partial charge in [0.15, 0.2) is 0 Å². The van der Waals surface area contributed by atoms with Gasteiger partial charge in [0, 0.05) is 11.8 Å². The molecule has 6 nitrogen and oxygen atoms in total. The Morgan fingerprint density at radius 3 is 2.70 bits per heavy atom. The van der Waals surface area contributed by atoms with E-state index in [1.165, 1.54) is 29.2 Å². The van der Waals surface area contributed by atoms with Gasteiger partial charge in [-0.3, -0.25) is 4.79 Å². The molecule has 3 aromatic rings. The summed E-state index contributed by atoms with van der Waals surface area (Å²) in [4.78, 5) is 11.9. The van der Waals surface area contributed by atoms with Gasteiger partial charge in [0.05, 0.1) is 5.69 Å². The highest BCUT2D eigenvalue weighted by molar-refractivity contribution is 6.01. The summed E-state index contributed by atoms with van der Waals surface area (Å²) < 4.78 is 14.6. The second-order valence-corrected chi connectivity index (χ2v) is 4.68. The molecule has 1 amide bonds. The van der Waals surface area contributed by atoms with Crippen molar-refractivity contribution in [1.82, 2.24) is 20.2 Å². The molecule has 0 aliphatic heterocycles. The fourth-order valence-corrected chi connectivity index (χ4v) is 1.94. The van der Waals surface area contributed by atoms with Crippen molar-refractivity contribution in [1.29, 1.82) is 0 Å². The van der Waals surface area contributed by atoms with Gasteiger partial charge < -0.3 is 5.32 Å². The number of carbonyl (C=O) groups excluding carboxylic acids is 1. The number of nitrogens with zero attached hydrogens (tertiary/aromatic N) is 4. The van der Waals surface area contributed by atoms with E-state index in [1.54, 1.807) is 42.5 Å². The molecule has 0 aliphatic rings. The molecular weight excluding hydrogens is 297 g/mol. The van der Waals surface area contributed by atoms with E-state index >= 15 is 0 Å². The van der Waals surface area contributed by atoms with Crippen molar-refractivity contribution in [2.24, 2.45) is 0 Å². The fourth-order valence-electron chi connectivity index (χ4n) is 1.94. The molecule has 1 aromatic heterocycles. The maximum Gasteiger partial charge on any atom is 0.248 e. The number of nitrogens with one attached hydrogen (secondary N) is 1. The van der Waals surface area contributed by atoms with E-state index in [1.807, 2.05) is 0 Å². The number of aromatic nitrogens is 4. The lowest BCUT2D eigenvalue weighted by molar-refractivity contribution is -0.111. The Bertz CT molecular complexity index is 828. The zero-order valence-corrected chi connectivity index (χ0v) is 11.9. The average Bonchev–Trinajstić information content (AvgIpc) is 3.08. The van der Waals surface area contributed by atoms with E-state index in [-0.39, 0.29) is 11.7 Å². The quantitative estimate of drug-likeness (QED) is 0.751. The lowest BCUT2D eigenvalue weighted by Crippen LogP contribution is -2.07. The van der Waals surface area contributed by atoms with Crippen LogP contribution in [0, 0.1) is 5.82 Å². The predicted octanol–water partition coefficient (Wildman–Crippen LogP) is 2.45. The number of anilines is 1. The van der Waals surface area contributed by atoms with Crippen LogP contribution in [0.5, 0.6) is 0 Å². The highest BCUT2D eigenvalue weighted by Gasteiger charge is 2.01. The van der Waals surface area contributed by atoms with Crippen LogP contribution in [0.3, 0.4) is 0 Å². The van der Waals surface area contributed by atoms with Crippen LogP contribution in [0.25, 0.3) is 11.8 Å². The van der Waals surface area contributed by atoms with Crippen LogP contribution in [0.4, 0.5) is 10.1 Å². The number of tetrazole rings is 1. The fraction of sp³-hybridized carbons (Fsp3) is 0. The van der Waals surface area contributed by atoms with E-state index in [0.717, 1.165) is 5.69 Å². The lowest BCUT2D eigenvalue weighted by Gasteiger charge is -2.04. The zero-order chi connectivity index (χ0) is 16.1. The summed E-state index contributed by atoms with van der Waals surface area (Å²) in [7, 11) is 0. The van der Waals surface area contributed by atoms with Crippen LogP contribution in [0.2, 0.25) is 0 Å². The second-order valence-electron chi connectivity index (χ2n) is 4.68. The van der Waals surface area contributed by atoms with Crippen molar-refractivity contribution >= 4 is 17.7 Å². The summed E-state index contributed by atoms with van der Waals surface area (Å²) >= 11 is 0. The third kappa shape index (κ3) is 3.85. The van der Waals surface area contributed by atoms with Gasteiger partial charge >= 0.3 is 0 Å². The predicted molar refractivity (Wildman–Crippen MR) is 83.2 cm³/mol. The number of hydrogen-bond donors (Lipinski definition) is 1. The van der Waals surface area contributed by atoms with Gasteiger partial charge in [-0.1, -0.05) is 12.1 Å². The molecule has 0 atom stereocenters. The minimum atomic E-state index is -0.342. The van der Waals surface area contributed by atoms with E-state index in [0.29, 0.717) is 11.3 Å². The van der Waals surface area contributed by atoms with E-state index in [2.05, 4.69) is 20.8 Å². The first-order valence-electron chi connectivity index (χ1n) is 6.79. The van der Waals surface area contributed by atoms with Gasteiger partial charge in [-0.05, 0) is 58.5 Å². The summed E-state index contributed by atoms with van der Waals surface area (Å²) in [6.45, 7) is 0. The van der Waals surface area contributed by atoms with Gasteiger partial charge in [-0.15, -0.1) is 5.10 Å². The highest BCUT2D eigenvalue weighted by atomic mass is 19.1. The Kier molecular flexibility index (Phi) is 4.19. The molecule has 7 heteroatoms. The molecule has 23 heavy (non-hydrogen) atoms. The number of rotatable bonds is 4. The first-order chi connectivity index (χ1) is 11.2. The van der Waals surface area contributed by atoms with Crippen LogP contribution in [0.1, 0.15) is 5.56 Å². The summed E-state index contributed by atoms with van der Waals surface area (Å²) in [6.07, 6.45) is 4.38. The SMILES string of the molecule is O=C(/C=C/c1cccc(F)c1)Nc1ccc(-n2cnnn2)cc1. The molecule has 2 aromatic carbocycles. The van der Waals surface area contributed by atoms with E-state index < -0.39 is 0 Å². The number of amides is 1. The van der Waals surface area contributed by atoms with Crippen molar-refractivity contribution < 1.29 is 9.18 Å². The van der Waals surface area contributed by atoms with Crippen LogP contribution in [-0.2, 0) is 4.79 Å². The molecule has 1 heterocycles. The molecule has 0 unspecified atom stereocenters. The maximum absolute atomic E-state index is 13.0.